The largest absolute Gasteiger partial charge is 0.444 e. The fourth-order valence-corrected chi connectivity index (χ4v) is 2.59. The molecule has 1 aliphatic rings. The van der Waals surface area contributed by atoms with E-state index in [1.54, 1.807) is 18.9 Å². The number of nitrogens with one attached hydrogen (secondary N) is 1. The van der Waals surface area contributed by atoms with Crippen LogP contribution in [0.4, 0.5) is 16.3 Å². The highest BCUT2D eigenvalue weighted by atomic mass is 16.6. The van der Waals surface area contributed by atoms with E-state index in [-0.39, 0.29) is 17.8 Å². The summed E-state index contributed by atoms with van der Waals surface area (Å²) in [5.41, 5.74) is -0.203. The number of nitro groups is 1. The number of carbonyl (C=O) groups excluding carboxylic acids is 1. The Hall–Kier alpha value is -2.32. The molecule has 2 rings (SSSR count). The van der Waals surface area contributed by atoms with Gasteiger partial charge in [-0.15, -0.1) is 0 Å². The van der Waals surface area contributed by atoms with Crippen LogP contribution in [-0.2, 0) is 11.8 Å². The number of anilines is 1. The Morgan fingerprint density at radius 1 is 1.48 bits per heavy atom. The van der Waals surface area contributed by atoms with Gasteiger partial charge < -0.3 is 15.0 Å². The van der Waals surface area contributed by atoms with Crippen molar-refractivity contribution in [3.05, 3.63) is 15.8 Å². The maximum atomic E-state index is 12.1. The van der Waals surface area contributed by atoms with Gasteiger partial charge in [-0.25, -0.2) is 9.48 Å². The molecule has 0 unspecified atom stereocenters. The molecule has 2 heterocycles. The van der Waals surface area contributed by atoms with Crippen molar-refractivity contribution in [1.82, 2.24) is 14.7 Å². The van der Waals surface area contributed by atoms with Crippen LogP contribution in [0.25, 0.3) is 0 Å². The molecule has 0 radical (unpaired) electrons. The van der Waals surface area contributed by atoms with Gasteiger partial charge in [0.25, 0.3) is 0 Å². The second kappa shape index (κ2) is 6.05. The van der Waals surface area contributed by atoms with Crippen LogP contribution < -0.4 is 5.32 Å². The van der Waals surface area contributed by atoms with Gasteiger partial charge in [0.2, 0.25) is 5.82 Å². The summed E-state index contributed by atoms with van der Waals surface area (Å²) in [6, 6.07) is -0.0731. The normalized spacial score (nSPS) is 18.1. The maximum absolute atomic E-state index is 12.1. The van der Waals surface area contributed by atoms with Gasteiger partial charge >= 0.3 is 11.8 Å². The molecule has 0 spiro atoms. The molecule has 1 atom stereocenters. The average molecular weight is 325 g/mol. The van der Waals surface area contributed by atoms with E-state index in [9.17, 15) is 14.9 Å². The minimum absolute atomic E-state index is 0.0248. The van der Waals surface area contributed by atoms with E-state index in [0.717, 1.165) is 0 Å². The molecular weight excluding hydrogens is 302 g/mol. The minimum atomic E-state index is -0.541. The van der Waals surface area contributed by atoms with Crippen molar-refractivity contribution >= 4 is 17.6 Å². The van der Waals surface area contributed by atoms with Gasteiger partial charge in [-0.2, -0.15) is 5.10 Å². The first-order valence-electron chi connectivity index (χ1n) is 7.51. The highest BCUT2D eigenvalue weighted by Gasteiger charge is 2.32. The first-order chi connectivity index (χ1) is 10.6. The fourth-order valence-electron chi connectivity index (χ4n) is 2.59. The molecule has 128 valence electrons. The second-order valence-corrected chi connectivity index (χ2v) is 6.72. The minimum Gasteiger partial charge on any atom is -0.444 e. The number of likely N-dealkylation sites (tertiary alicyclic amines) is 1. The van der Waals surface area contributed by atoms with E-state index in [1.807, 2.05) is 20.8 Å². The number of carbonyl (C=O) groups is 1. The van der Waals surface area contributed by atoms with Crippen molar-refractivity contribution in [2.75, 3.05) is 18.4 Å². The lowest BCUT2D eigenvalue weighted by Crippen LogP contribution is -2.36. The van der Waals surface area contributed by atoms with Gasteiger partial charge in [-0.3, -0.25) is 10.1 Å². The molecule has 1 N–H and O–H groups in total. The number of hydrogen-bond donors (Lipinski definition) is 1. The molecule has 1 aromatic rings. The zero-order valence-electron chi connectivity index (χ0n) is 14.1. The van der Waals surface area contributed by atoms with E-state index < -0.39 is 10.5 Å². The maximum Gasteiger partial charge on any atom is 0.410 e. The molecule has 9 nitrogen and oxygen atoms in total. The van der Waals surface area contributed by atoms with Crippen LogP contribution in [0.15, 0.2) is 0 Å². The van der Waals surface area contributed by atoms with Crippen LogP contribution >= 0.6 is 0 Å². The summed E-state index contributed by atoms with van der Waals surface area (Å²) in [6.07, 6.45) is 0.332. The molecule has 0 aromatic carbocycles. The lowest BCUT2D eigenvalue weighted by atomic mass is 10.2. The third-order valence-electron chi connectivity index (χ3n) is 3.55. The van der Waals surface area contributed by atoms with Crippen molar-refractivity contribution in [2.45, 2.75) is 45.8 Å². The van der Waals surface area contributed by atoms with Crippen molar-refractivity contribution in [1.29, 1.82) is 0 Å². The average Bonchev–Trinajstić information content (AvgIpc) is 2.93. The summed E-state index contributed by atoms with van der Waals surface area (Å²) in [6.45, 7) is 8.05. The highest BCUT2D eigenvalue weighted by molar-refractivity contribution is 5.69. The van der Waals surface area contributed by atoms with Crippen LogP contribution in [0, 0.1) is 17.0 Å². The highest BCUT2D eigenvalue weighted by Crippen LogP contribution is 2.29. The predicted molar refractivity (Wildman–Crippen MR) is 84.4 cm³/mol. The molecule has 0 aliphatic carbocycles. The van der Waals surface area contributed by atoms with Crippen LogP contribution in [-0.4, -0.2) is 50.4 Å². The van der Waals surface area contributed by atoms with E-state index >= 15 is 0 Å². The third-order valence-corrected chi connectivity index (χ3v) is 3.55. The van der Waals surface area contributed by atoms with E-state index in [2.05, 4.69) is 10.4 Å². The van der Waals surface area contributed by atoms with E-state index in [4.69, 9.17) is 4.74 Å². The lowest BCUT2D eigenvalue weighted by Gasteiger charge is -2.24. The fraction of sp³-hybridized carbons (Fsp3) is 0.714. The van der Waals surface area contributed by atoms with E-state index in [0.29, 0.717) is 31.0 Å². The quantitative estimate of drug-likeness (QED) is 0.674. The Morgan fingerprint density at radius 3 is 2.70 bits per heavy atom. The monoisotopic (exact) mass is 325 g/mol. The molecule has 1 aromatic heterocycles. The molecular formula is C14H23N5O4. The Bertz CT molecular complexity index is 619. The third kappa shape index (κ3) is 3.91. The zero-order chi connectivity index (χ0) is 17.4. The number of ether oxygens (including phenoxy) is 1. The Morgan fingerprint density at radius 2 is 2.13 bits per heavy atom. The van der Waals surface area contributed by atoms with Gasteiger partial charge in [-0.1, -0.05) is 0 Å². The van der Waals surface area contributed by atoms with Gasteiger partial charge in [-0.05, 0) is 34.1 Å². The summed E-state index contributed by atoms with van der Waals surface area (Å²) in [4.78, 5) is 24.4. The smallest absolute Gasteiger partial charge is 0.410 e. The van der Waals surface area contributed by atoms with Gasteiger partial charge in [0, 0.05) is 26.2 Å². The summed E-state index contributed by atoms with van der Waals surface area (Å²) in [5, 5.41) is 18.4. The molecule has 0 bridgehead atoms. The van der Waals surface area contributed by atoms with Crippen molar-refractivity contribution < 1.29 is 14.5 Å². The first kappa shape index (κ1) is 17.0. The van der Waals surface area contributed by atoms with Crippen molar-refractivity contribution in [2.24, 2.45) is 7.05 Å². The SMILES string of the molecule is Cc1nn(C)c(N[C@@H]2CCN(C(=O)OC(C)(C)C)C2)c1[N+](=O)[O-]. The number of aryl methyl sites for hydroxylation is 2. The lowest BCUT2D eigenvalue weighted by molar-refractivity contribution is -0.384. The standard InChI is InChI=1S/C14H23N5O4/c1-9-11(19(21)22)12(17(5)16-9)15-10-6-7-18(8-10)13(20)23-14(2,3)4/h10,15H,6-8H2,1-5H3/t10-/m1/s1. The van der Waals surface area contributed by atoms with Crippen molar-refractivity contribution in [3.8, 4) is 0 Å². The topological polar surface area (TPSA) is 103 Å². The predicted octanol–water partition coefficient (Wildman–Crippen LogP) is 2.06. The zero-order valence-corrected chi connectivity index (χ0v) is 14.1. The Kier molecular flexibility index (Phi) is 4.49. The molecule has 1 aliphatic heterocycles. The number of hydrogen-bond acceptors (Lipinski definition) is 6. The summed E-state index contributed by atoms with van der Waals surface area (Å²) >= 11 is 0. The summed E-state index contributed by atoms with van der Waals surface area (Å²) < 4.78 is 6.81. The number of nitrogens with zero attached hydrogens (tertiary/aromatic N) is 4. The van der Waals surface area contributed by atoms with Gasteiger partial charge in [0.1, 0.15) is 11.3 Å². The van der Waals surface area contributed by atoms with Gasteiger partial charge in [0.15, 0.2) is 0 Å². The molecule has 23 heavy (non-hydrogen) atoms. The molecule has 1 saturated heterocycles. The molecule has 9 heteroatoms. The number of aromatic nitrogens is 2. The second-order valence-electron chi connectivity index (χ2n) is 6.72. The van der Waals surface area contributed by atoms with Crippen LogP contribution in [0.3, 0.4) is 0 Å². The van der Waals surface area contributed by atoms with Crippen LogP contribution in [0.1, 0.15) is 32.9 Å². The summed E-state index contributed by atoms with van der Waals surface area (Å²) in [5.74, 6) is 0.364. The number of rotatable bonds is 3. The van der Waals surface area contributed by atoms with E-state index in [1.165, 1.54) is 4.68 Å². The Balaban J connectivity index is 2.04. The molecule has 1 amide bonds. The summed E-state index contributed by atoms with van der Waals surface area (Å²) in [7, 11) is 1.66. The van der Waals surface area contributed by atoms with Crippen LogP contribution in [0.2, 0.25) is 0 Å². The molecule has 0 saturated carbocycles. The van der Waals surface area contributed by atoms with Gasteiger partial charge in [0.05, 0.1) is 4.92 Å². The first-order valence-corrected chi connectivity index (χ1v) is 7.51. The molecule has 1 fully saturated rings. The van der Waals surface area contributed by atoms with Crippen molar-refractivity contribution in [3.63, 3.8) is 0 Å². The number of amides is 1. The Labute approximate surface area is 134 Å². The van der Waals surface area contributed by atoms with Crippen LogP contribution in [0.5, 0.6) is 0 Å².